The van der Waals surface area contributed by atoms with Gasteiger partial charge >= 0.3 is 0 Å². The van der Waals surface area contributed by atoms with Gasteiger partial charge in [-0.3, -0.25) is 14.9 Å². The number of nitrogens with one attached hydrogen (secondary N) is 1. The number of hydrogen-bond donors (Lipinski definition) is 1. The van der Waals surface area contributed by atoms with Crippen LogP contribution >= 0.6 is 11.3 Å². The lowest BCUT2D eigenvalue weighted by molar-refractivity contribution is -0.384. The molecule has 0 fully saturated rings. The van der Waals surface area contributed by atoms with Crippen LogP contribution in [-0.2, 0) is 0 Å². The van der Waals surface area contributed by atoms with Crippen molar-refractivity contribution in [2.45, 2.75) is 13.8 Å². The second-order valence-electron chi connectivity index (χ2n) is 4.11. The molecule has 0 radical (unpaired) electrons. The van der Waals surface area contributed by atoms with Gasteiger partial charge in [0, 0.05) is 22.7 Å². The number of carbonyl (C=O) groups is 1. The zero-order valence-corrected chi connectivity index (χ0v) is 11.3. The average molecular weight is 276 g/mol. The summed E-state index contributed by atoms with van der Waals surface area (Å²) in [6.45, 7) is 3.91. The Hall–Kier alpha value is -2.21. The number of carbonyl (C=O) groups excluding carboxylic acids is 1. The van der Waals surface area contributed by atoms with Crippen molar-refractivity contribution in [3.05, 3.63) is 55.8 Å². The number of benzene rings is 1. The van der Waals surface area contributed by atoms with Gasteiger partial charge in [-0.15, -0.1) is 11.3 Å². The van der Waals surface area contributed by atoms with Gasteiger partial charge in [-0.2, -0.15) is 0 Å². The van der Waals surface area contributed by atoms with Crippen LogP contribution in [0.25, 0.3) is 0 Å². The maximum Gasteiger partial charge on any atom is 0.269 e. The van der Waals surface area contributed by atoms with E-state index in [4.69, 9.17) is 0 Å². The summed E-state index contributed by atoms with van der Waals surface area (Å²) in [6.07, 6.45) is 0. The van der Waals surface area contributed by atoms with Crippen LogP contribution in [0.2, 0.25) is 0 Å². The van der Waals surface area contributed by atoms with Crippen molar-refractivity contribution >= 4 is 28.6 Å². The van der Waals surface area contributed by atoms with Gasteiger partial charge in [-0.1, -0.05) is 0 Å². The molecule has 0 atom stereocenters. The maximum atomic E-state index is 12.0. The van der Waals surface area contributed by atoms with Crippen molar-refractivity contribution in [3.63, 3.8) is 0 Å². The van der Waals surface area contributed by atoms with Crippen molar-refractivity contribution in [3.8, 4) is 0 Å². The molecule has 0 aliphatic carbocycles. The van der Waals surface area contributed by atoms with Gasteiger partial charge in [0.05, 0.1) is 9.80 Å². The van der Waals surface area contributed by atoms with Crippen molar-refractivity contribution < 1.29 is 9.72 Å². The summed E-state index contributed by atoms with van der Waals surface area (Å²) in [7, 11) is 0. The topological polar surface area (TPSA) is 72.2 Å². The fourth-order valence-electron chi connectivity index (χ4n) is 1.54. The van der Waals surface area contributed by atoms with Crippen LogP contribution in [0.4, 0.5) is 11.4 Å². The average Bonchev–Trinajstić information content (AvgIpc) is 2.70. The van der Waals surface area contributed by atoms with Crippen LogP contribution in [0.3, 0.4) is 0 Å². The van der Waals surface area contributed by atoms with Gasteiger partial charge in [-0.25, -0.2) is 0 Å². The summed E-state index contributed by atoms with van der Waals surface area (Å²) in [4.78, 5) is 23.7. The van der Waals surface area contributed by atoms with Crippen molar-refractivity contribution in [1.82, 2.24) is 0 Å². The van der Waals surface area contributed by atoms with E-state index >= 15 is 0 Å². The highest BCUT2D eigenvalue weighted by Crippen LogP contribution is 2.22. The second kappa shape index (κ2) is 5.19. The van der Waals surface area contributed by atoms with Gasteiger partial charge in [0.15, 0.2) is 0 Å². The summed E-state index contributed by atoms with van der Waals surface area (Å²) in [5, 5.41) is 13.2. The van der Waals surface area contributed by atoms with Gasteiger partial charge < -0.3 is 5.32 Å². The molecular formula is C13H12N2O3S. The first-order valence-corrected chi connectivity index (χ1v) is 6.42. The Labute approximate surface area is 114 Å². The summed E-state index contributed by atoms with van der Waals surface area (Å²) < 4.78 is 0. The number of nitro benzene ring substituents is 1. The minimum Gasteiger partial charge on any atom is -0.321 e. The molecule has 0 aliphatic heterocycles. The highest BCUT2D eigenvalue weighted by Gasteiger charge is 2.11. The molecular weight excluding hydrogens is 264 g/mol. The van der Waals surface area contributed by atoms with Gasteiger partial charge in [-0.05, 0) is 37.6 Å². The Morgan fingerprint density at radius 2 is 1.89 bits per heavy atom. The molecule has 2 rings (SSSR count). The number of nitrogens with zero attached hydrogens (tertiary/aromatic N) is 1. The molecule has 1 N–H and O–H groups in total. The Kier molecular flexibility index (Phi) is 3.62. The van der Waals surface area contributed by atoms with Crippen LogP contribution in [0.5, 0.6) is 0 Å². The largest absolute Gasteiger partial charge is 0.321 e. The molecule has 0 bridgehead atoms. The first-order valence-electron chi connectivity index (χ1n) is 5.60. The smallest absolute Gasteiger partial charge is 0.269 e. The van der Waals surface area contributed by atoms with E-state index in [0.29, 0.717) is 10.6 Å². The Morgan fingerprint density at radius 1 is 1.26 bits per heavy atom. The molecule has 98 valence electrons. The third-order valence-corrected chi connectivity index (χ3v) is 3.88. The van der Waals surface area contributed by atoms with Crippen molar-refractivity contribution in [2.24, 2.45) is 0 Å². The molecule has 1 aromatic heterocycles. The normalized spacial score (nSPS) is 10.2. The number of anilines is 1. The van der Waals surface area contributed by atoms with Crippen LogP contribution < -0.4 is 5.32 Å². The number of rotatable bonds is 3. The lowest BCUT2D eigenvalue weighted by atomic mass is 10.2. The van der Waals surface area contributed by atoms with E-state index in [1.54, 1.807) is 0 Å². The molecule has 1 heterocycles. The fourth-order valence-corrected chi connectivity index (χ4v) is 2.47. The van der Waals surface area contributed by atoms with E-state index in [0.717, 1.165) is 10.4 Å². The lowest BCUT2D eigenvalue weighted by Gasteiger charge is -2.02. The Morgan fingerprint density at radius 3 is 2.37 bits per heavy atom. The molecule has 0 saturated heterocycles. The molecule has 0 unspecified atom stereocenters. The summed E-state index contributed by atoms with van der Waals surface area (Å²) in [6, 6.07) is 7.59. The first-order chi connectivity index (χ1) is 8.97. The number of hydrogen-bond acceptors (Lipinski definition) is 4. The molecule has 0 spiro atoms. The quantitative estimate of drug-likeness (QED) is 0.688. The van der Waals surface area contributed by atoms with E-state index in [9.17, 15) is 14.9 Å². The SMILES string of the molecule is Cc1cc(C(=O)Nc2ccc([N+](=O)[O-])cc2)sc1C. The minimum absolute atomic E-state index is 0.000751. The van der Waals surface area contributed by atoms with Gasteiger partial charge in [0.2, 0.25) is 0 Å². The number of amides is 1. The maximum absolute atomic E-state index is 12.0. The molecule has 5 nitrogen and oxygen atoms in total. The minimum atomic E-state index is -0.475. The Balaban J connectivity index is 2.12. The predicted molar refractivity (Wildman–Crippen MR) is 74.8 cm³/mol. The van der Waals surface area contributed by atoms with Crippen molar-refractivity contribution in [1.29, 1.82) is 0 Å². The van der Waals surface area contributed by atoms with Crippen LogP contribution in [0, 0.1) is 24.0 Å². The van der Waals surface area contributed by atoms with Gasteiger partial charge in [0.25, 0.3) is 11.6 Å². The molecule has 1 aromatic carbocycles. The van der Waals surface area contributed by atoms with Crippen molar-refractivity contribution in [2.75, 3.05) is 5.32 Å². The van der Waals surface area contributed by atoms with Crippen LogP contribution in [0.1, 0.15) is 20.1 Å². The first kappa shape index (κ1) is 13.2. The van der Waals surface area contributed by atoms with E-state index in [2.05, 4.69) is 5.32 Å². The second-order valence-corrected chi connectivity index (χ2v) is 5.36. The summed E-state index contributed by atoms with van der Waals surface area (Å²) in [5.74, 6) is -0.199. The van der Waals surface area contributed by atoms with Crippen LogP contribution in [0.15, 0.2) is 30.3 Å². The molecule has 1 amide bonds. The third-order valence-electron chi connectivity index (χ3n) is 2.73. The van der Waals surface area contributed by atoms with Gasteiger partial charge in [0.1, 0.15) is 0 Å². The Bertz CT molecular complexity index is 612. The highest BCUT2D eigenvalue weighted by molar-refractivity contribution is 7.14. The number of aryl methyl sites for hydroxylation is 2. The predicted octanol–water partition coefficient (Wildman–Crippen LogP) is 3.53. The number of non-ortho nitro benzene ring substituents is 1. The molecule has 0 aliphatic rings. The molecule has 0 saturated carbocycles. The standard InChI is InChI=1S/C13H12N2O3S/c1-8-7-12(19-9(8)2)13(16)14-10-3-5-11(6-4-10)15(17)18/h3-7H,1-2H3,(H,14,16). The van der Waals surface area contributed by atoms with E-state index < -0.39 is 4.92 Å². The van der Waals surface area contributed by atoms with Crippen LogP contribution in [-0.4, -0.2) is 10.8 Å². The third kappa shape index (κ3) is 2.97. The lowest BCUT2D eigenvalue weighted by Crippen LogP contribution is -2.09. The van der Waals surface area contributed by atoms with E-state index in [1.165, 1.54) is 35.6 Å². The number of nitro groups is 1. The monoisotopic (exact) mass is 276 g/mol. The van der Waals surface area contributed by atoms with E-state index in [-0.39, 0.29) is 11.6 Å². The summed E-state index contributed by atoms with van der Waals surface area (Å²) in [5.41, 5.74) is 1.62. The summed E-state index contributed by atoms with van der Waals surface area (Å²) >= 11 is 1.43. The highest BCUT2D eigenvalue weighted by atomic mass is 32.1. The zero-order valence-electron chi connectivity index (χ0n) is 10.5. The molecule has 19 heavy (non-hydrogen) atoms. The zero-order chi connectivity index (χ0) is 14.0. The molecule has 2 aromatic rings. The number of thiophene rings is 1. The van der Waals surface area contributed by atoms with E-state index in [1.807, 2.05) is 19.9 Å². The molecule has 6 heteroatoms. The fraction of sp³-hybridized carbons (Fsp3) is 0.154.